The first kappa shape index (κ1) is 12.2. The quantitative estimate of drug-likeness (QED) is 0.819. The molecule has 0 fully saturated rings. The number of halogens is 1. The van der Waals surface area contributed by atoms with Crippen molar-refractivity contribution >= 4 is 21.7 Å². The SMILES string of the molecule is CCCC(=O)COc1ccc(C)cc1Br. The van der Waals surface area contributed by atoms with Gasteiger partial charge in [-0.2, -0.15) is 0 Å². The van der Waals surface area contributed by atoms with Crippen LogP contribution in [0.15, 0.2) is 22.7 Å². The van der Waals surface area contributed by atoms with Crippen molar-refractivity contribution < 1.29 is 9.53 Å². The Hall–Kier alpha value is -0.830. The smallest absolute Gasteiger partial charge is 0.170 e. The third-order valence-corrected chi connectivity index (χ3v) is 2.62. The lowest BCUT2D eigenvalue weighted by molar-refractivity contribution is -0.121. The summed E-state index contributed by atoms with van der Waals surface area (Å²) in [6.07, 6.45) is 1.46. The molecule has 2 nitrogen and oxygen atoms in total. The zero-order chi connectivity index (χ0) is 11.3. The number of carbonyl (C=O) groups excluding carboxylic acids is 1. The normalized spacial score (nSPS) is 10.1. The van der Waals surface area contributed by atoms with Gasteiger partial charge in [-0.15, -0.1) is 0 Å². The van der Waals surface area contributed by atoms with Crippen molar-refractivity contribution in [2.75, 3.05) is 6.61 Å². The van der Waals surface area contributed by atoms with Crippen molar-refractivity contribution in [1.82, 2.24) is 0 Å². The molecule has 82 valence electrons. The van der Waals surface area contributed by atoms with Crippen LogP contribution in [0, 0.1) is 6.92 Å². The number of hydrogen-bond donors (Lipinski definition) is 0. The number of ketones is 1. The number of carbonyl (C=O) groups is 1. The van der Waals surface area contributed by atoms with Gasteiger partial charge in [0.25, 0.3) is 0 Å². The van der Waals surface area contributed by atoms with Crippen LogP contribution >= 0.6 is 15.9 Å². The van der Waals surface area contributed by atoms with E-state index in [2.05, 4.69) is 15.9 Å². The van der Waals surface area contributed by atoms with Crippen molar-refractivity contribution in [3.63, 3.8) is 0 Å². The van der Waals surface area contributed by atoms with E-state index in [-0.39, 0.29) is 12.4 Å². The Bertz CT molecular complexity index is 347. The Balaban J connectivity index is 2.54. The first-order valence-corrected chi connectivity index (χ1v) is 5.83. The Kier molecular flexibility index (Phi) is 4.82. The summed E-state index contributed by atoms with van der Waals surface area (Å²) in [5.41, 5.74) is 1.16. The van der Waals surface area contributed by atoms with E-state index >= 15 is 0 Å². The average Bonchev–Trinajstić information content (AvgIpc) is 2.17. The van der Waals surface area contributed by atoms with Gasteiger partial charge in [-0.25, -0.2) is 0 Å². The van der Waals surface area contributed by atoms with Gasteiger partial charge in [0.2, 0.25) is 0 Å². The van der Waals surface area contributed by atoms with Crippen molar-refractivity contribution in [3.8, 4) is 5.75 Å². The van der Waals surface area contributed by atoms with Crippen LogP contribution in [0.3, 0.4) is 0 Å². The summed E-state index contributed by atoms with van der Waals surface area (Å²) in [5.74, 6) is 0.870. The molecule has 1 aromatic carbocycles. The molecular formula is C12H15BrO2. The highest BCUT2D eigenvalue weighted by Crippen LogP contribution is 2.25. The summed E-state index contributed by atoms with van der Waals surface area (Å²) in [5, 5.41) is 0. The first-order chi connectivity index (χ1) is 7.13. The zero-order valence-corrected chi connectivity index (χ0v) is 10.6. The van der Waals surface area contributed by atoms with Crippen molar-refractivity contribution in [2.24, 2.45) is 0 Å². The van der Waals surface area contributed by atoms with Crippen LogP contribution in [0.4, 0.5) is 0 Å². The minimum atomic E-state index is 0.143. The molecule has 0 aliphatic rings. The van der Waals surface area contributed by atoms with Gasteiger partial charge in [0.15, 0.2) is 5.78 Å². The van der Waals surface area contributed by atoms with Gasteiger partial charge >= 0.3 is 0 Å². The van der Waals surface area contributed by atoms with E-state index < -0.39 is 0 Å². The van der Waals surface area contributed by atoms with Crippen LogP contribution < -0.4 is 4.74 Å². The maximum atomic E-state index is 11.3. The largest absolute Gasteiger partial charge is 0.485 e. The predicted octanol–water partition coefficient (Wildman–Crippen LogP) is 3.51. The summed E-state index contributed by atoms with van der Waals surface area (Å²) in [6.45, 7) is 4.16. The molecule has 0 bridgehead atoms. The van der Waals surface area contributed by atoms with Gasteiger partial charge in [0.1, 0.15) is 12.4 Å². The van der Waals surface area contributed by atoms with Gasteiger partial charge in [-0.05, 0) is 47.0 Å². The lowest BCUT2D eigenvalue weighted by atomic mass is 10.2. The number of rotatable bonds is 5. The van der Waals surface area contributed by atoms with Gasteiger partial charge in [0.05, 0.1) is 4.47 Å². The monoisotopic (exact) mass is 270 g/mol. The summed E-state index contributed by atoms with van der Waals surface area (Å²) in [7, 11) is 0. The summed E-state index contributed by atoms with van der Waals surface area (Å²) >= 11 is 3.40. The van der Waals surface area contributed by atoms with E-state index in [4.69, 9.17) is 4.74 Å². The highest BCUT2D eigenvalue weighted by atomic mass is 79.9. The Labute approximate surface area is 98.8 Å². The van der Waals surface area contributed by atoms with E-state index in [1.165, 1.54) is 0 Å². The Morgan fingerprint density at radius 2 is 2.20 bits per heavy atom. The molecule has 0 saturated carbocycles. The van der Waals surface area contributed by atoms with E-state index in [9.17, 15) is 4.79 Å². The fourth-order valence-corrected chi connectivity index (χ4v) is 1.84. The molecule has 0 aromatic heterocycles. The highest BCUT2D eigenvalue weighted by Gasteiger charge is 2.04. The molecule has 0 heterocycles. The fourth-order valence-electron chi connectivity index (χ4n) is 1.23. The third kappa shape index (κ3) is 4.04. The molecule has 0 aliphatic carbocycles. The molecule has 0 unspecified atom stereocenters. The van der Waals surface area contributed by atoms with Gasteiger partial charge in [0, 0.05) is 6.42 Å². The summed E-state index contributed by atoms with van der Waals surface area (Å²) < 4.78 is 6.30. The van der Waals surface area contributed by atoms with Crippen LogP contribution in [0.2, 0.25) is 0 Å². The summed E-state index contributed by atoms with van der Waals surface area (Å²) in [6, 6.07) is 5.81. The average molecular weight is 271 g/mol. The lowest BCUT2D eigenvalue weighted by Gasteiger charge is -2.07. The highest BCUT2D eigenvalue weighted by molar-refractivity contribution is 9.10. The van der Waals surface area contributed by atoms with Crippen LogP contribution in [-0.4, -0.2) is 12.4 Å². The maximum Gasteiger partial charge on any atom is 0.170 e. The molecule has 15 heavy (non-hydrogen) atoms. The van der Waals surface area contributed by atoms with Crippen molar-refractivity contribution in [2.45, 2.75) is 26.7 Å². The Morgan fingerprint density at radius 1 is 1.47 bits per heavy atom. The second-order valence-electron chi connectivity index (χ2n) is 3.51. The Morgan fingerprint density at radius 3 is 2.80 bits per heavy atom. The molecule has 1 aromatic rings. The van der Waals surface area contributed by atoms with Gasteiger partial charge in [-0.3, -0.25) is 4.79 Å². The minimum Gasteiger partial charge on any atom is -0.485 e. The predicted molar refractivity (Wildman–Crippen MR) is 64.3 cm³/mol. The standard InChI is InChI=1S/C12H15BrO2/c1-3-4-10(14)8-15-12-6-5-9(2)7-11(12)13/h5-7H,3-4,8H2,1-2H3. The van der Waals surface area contributed by atoms with Crippen molar-refractivity contribution in [3.05, 3.63) is 28.2 Å². The number of benzene rings is 1. The van der Waals surface area contributed by atoms with Crippen molar-refractivity contribution in [1.29, 1.82) is 0 Å². The number of hydrogen-bond acceptors (Lipinski definition) is 2. The second-order valence-corrected chi connectivity index (χ2v) is 4.37. The maximum absolute atomic E-state index is 11.3. The molecule has 3 heteroatoms. The zero-order valence-electron chi connectivity index (χ0n) is 9.05. The molecule has 0 saturated heterocycles. The molecule has 0 aliphatic heterocycles. The minimum absolute atomic E-state index is 0.143. The molecular weight excluding hydrogens is 256 g/mol. The molecule has 0 atom stereocenters. The summed E-state index contributed by atoms with van der Waals surface area (Å²) in [4.78, 5) is 11.3. The van der Waals surface area contributed by atoms with Crippen LogP contribution in [-0.2, 0) is 4.79 Å². The molecule has 0 radical (unpaired) electrons. The second kappa shape index (κ2) is 5.91. The first-order valence-electron chi connectivity index (χ1n) is 5.04. The van der Waals surface area contributed by atoms with Crippen LogP contribution in [0.1, 0.15) is 25.3 Å². The topological polar surface area (TPSA) is 26.3 Å². The third-order valence-electron chi connectivity index (χ3n) is 2.00. The number of ether oxygens (including phenoxy) is 1. The molecule has 0 amide bonds. The fraction of sp³-hybridized carbons (Fsp3) is 0.417. The van der Waals surface area contributed by atoms with E-state index in [0.717, 1.165) is 22.2 Å². The molecule has 1 rings (SSSR count). The van der Waals surface area contributed by atoms with Crippen LogP contribution in [0.5, 0.6) is 5.75 Å². The van der Waals surface area contributed by atoms with E-state index in [1.54, 1.807) is 0 Å². The van der Waals surface area contributed by atoms with Gasteiger partial charge < -0.3 is 4.74 Å². The number of Topliss-reactive ketones (excluding diaryl/α,β-unsaturated/α-hetero) is 1. The molecule has 0 N–H and O–H groups in total. The van der Waals surface area contributed by atoms with Crippen LogP contribution in [0.25, 0.3) is 0 Å². The number of aryl methyl sites for hydroxylation is 1. The van der Waals surface area contributed by atoms with E-state index in [1.807, 2.05) is 32.0 Å². The lowest BCUT2D eigenvalue weighted by Crippen LogP contribution is -2.10. The van der Waals surface area contributed by atoms with E-state index in [0.29, 0.717) is 6.42 Å². The molecule has 0 spiro atoms. The van der Waals surface area contributed by atoms with Gasteiger partial charge in [-0.1, -0.05) is 13.0 Å².